The molecule has 1 unspecified atom stereocenters. The highest BCUT2D eigenvalue weighted by molar-refractivity contribution is 7.33. The third-order valence-electron chi connectivity index (χ3n) is 1.08. The number of halogens is 4. The molecule has 0 heterocycles. The first-order valence-electron chi connectivity index (χ1n) is 3.15. The fourth-order valence-corrected chi connectivity index (χ4v) is 3.91. The molecule has 0 bridgehead atoms. The van der Waals surface area contributed by atoms with Gasteiger partial charge in [0.15, 0.2) is 0 Å². The minimum absolute atomic E-state index is 0.130. The third-order valence-corrected chi connectivity index (χ3v) is 4.04. The molecule has 62 valence electrons. The molecule has 0 radical (unpaired) electrons. The maximum Gasteiger partial charge on any atom is 0.238 e. The highest BCUT2D eigenvalue weighted by Gasteiger charge is 2.10. The standard InChI is InChI=1S/C5H10Cl4Si/c6-3-1-2-5(7)4-10(8)9/h5,10H,1-4H2. The van der Waals surface area contributed by atoms with Gasteiger partial charge in [-0.25, -0.2) is 0 Å². The summed E-state index contributed by atoms with van der Waals surface area (Å²) in [7, 11) is -1.50. The quantitative estimate of drug-likeness (QED) is 0.393. The Labute approximate surface area is 82.8 Å². The van der Waals surface area contributed by atoms with E-state index in [2.05, 4.69) is 0 Å². The molecule has 1 atom stereocenters. The van der Waals surface area contributed by atoms with E-state index in [0.717, 1.165) is 18.9 Å². The Bertz CT molecular complexity index is 78.0. The molecule has 10 heavy (non-hydrogen) atoms. The van der Waals surface area contributed by atoms with Gasteiger partial charge in [-0.05, 0) is 18.9 Å². The zero-order chi connectivity index (χ0) is 7.98. The fourth-order valence-electron chi connectivity index (χ4n) is 0.610. The van der Waals surface area contributed by atoms with Gasteiger partial charge in [0.25, 0.3) is 0 Å². The van der Waals surface area contributed by atoms with Crippen molar-refractivity contribution in [1.29, 1.82) is 0 Å². The highest BCUT2D eigenvalue weighted by Crippen LogP contribution is 2.16. The van der Waals surface area contributed by atoms with Crippen LogP contribution in [-0.2, 0) is 0 Å². The molecule has 0 spiro atoms. The van der Waals surface area contributed by atoms with Crippen molar-refractivity contribution >= 4 is 52.8 Å². The lowest BCUT2D eigenvalue weighted by atomic mass is 10.3. The largest absolute Gasteiger partial charge is 0.238 e. The van der Waals surface area contributed by atoms with E-state index in [4.69, 9.17) is 45.4 Å². The summed E-state index contributed by atoms with van der Waals surface area (Å²) in [6.07, 6.45) is 1.87. The summed E-state index contributed by atoms with van der Waals surface area (Å²) >= 11 is 22.6. The Kier molecular flexibility index (Phi) is 8.02. The van der Waals surface area contributed by atoms with Crippen molar-refractivity contribution in [2.45, 2.75) is 24.3 Å². The van der Waals surface area contributed by atoms with Gasteiger partial charge >= 0.3 is 0 Å². The average Bonchev–Trinajstić information content (AvgIpc) is 1.82. The molecule has 0 aliphatic rings. The first kappa shape index (κ1) is 11.4. The summed E-state index contributed by atoms with van der Waals surface area (Å²) in [5, 5.41) is 0.130. The molecule has 0 saturated heterocycles. The molecule has 0 aromatic heterocycles. The van der Waals surface area contributed by atoms with E-state index in [9.17, 15) is 0 Å². The van der Waals surface area contributed by atoms with Crippen LogP contribution in [0, 0.1) is 0 Å². The molecule has 0 N–H and O–H groups in total. The smallest absolute Gasteiger partial charge is 0.150 e. The van der Waals surface area contributed by atoms with Crippen LogP contribution in [0.25, 0.3) is 0 Å². The van der Waals surface area contributed by atoms with Gasteiger partial charge in [0.05, 0.1) is 0 Å². The van der Waals surface area contributed by atoms with Gasteiger partial charge < -0.3 is 0 Å². The van der Waals surface area contributed by atoms with Crippen molar-refractivity contribution in [1.82, 2.24) is 0 Å². The summed E-state index contributed by atoms with van der Waals surface area (Å²) in [5.74, 6) is 0.667. The number of alkyl halides is 2. The van der Waals surface area contributed by atoms with Gasteiger partial charge in [0.1, 0.15) is 0 Å². The molecular weight excluding hydrogens is 230 g/mol. The van der Waals surface area contributed by atoms with E-state index in [-0.39, 0.29) is 5.38 Å². The van der Waals surface area contributed by atoms with Gasteiger partial charge in [-0.1, -0.05) is 0 Å². The van der Waals surface area contributed by atoms with Crippen LogP contribution in [0.1, 0.15) is 12.8 Å². The van der Waals surface area contributed by atoms with Crippen LogP contribution in [0.5, 0.6) is 0 Å². The zero-order valence-electron chi connectivity index (χ0n) is 5.49. The second-order valence-electron chi connectivity index (χ2n) is 2.06. The van der Waals surface area contributed by atoms with Crippen molar-refractivity contribution < 1.29 is 0 Å². The fraction of sp³-hybridized carbons (Fsp3) is 1.00. The van der Waals surface area contributed by atoms with E-state index in [1.807, 2.05) is 0 Å². The summed E-state index contributed by atoms with van der Waals surface area (Å²) in [6.45, 7) is 0. The molecule has 0 fully saturated rings. The average molecular weight is 240 g/mol. The number of hydrogen-bond acceptors (Lipinski definition) is 0. The van der Waals surface area contributed by atoms with Crippen LogP contribution in [0.3, 0.4) is 0 Å². The molecule has 0 aliphatic heterocycles. The van der Waals surface area contributed by atoms with E-state index in [0.29, 0.717) is 5.88 Å². The molecule has 0 aromatic rings. The van der Waals surface area contributed by atoms with Gasteiger partial charge in [-0.2, -0.15) is 22.2 Å². The van der Waals surface area contributed by atoms with Gasteiger partial charge in [-0.3, -0.25) is 0 Å². The molecule has 0 rings (SSSR count). The first-order valence-corrected chi connectivity index (χ1v) is 8.43. The summed E-state index contributed by atoms with van der Waals surface area (Å²) in [4.78, 5) is 0. The Morgan fingerprint density at radius 1 is 1.30 bits per heavy atom. The topological polar surface area (TPSA) is 0 Å². The van der Waals surface area contributed by atoms with Crippen LogP contribution >= 0.6 is 45.4 Å². The van der Waals surface area contributed by atoms with Crippen LogP contribution in [0.2, 0.25) is 6.04 Å². The molecule has 0 nitrogen and oxygen atoms in total. The van der Waals surface area contributed by atoms with Crippen LogP contribution in [0.15, 0.2) is 0 Å². The first-order chi connectivity index (χ1) is 4.66. The maximum absolute atomic E-state index is 5.86. The summed E-state index contributed by atoms with van der Waals surface area (Å²) < 4.78 is 0. The van der Waals surface area contributed by atoms with E-state index >= 15 is 0 Å². The molecular formula is C5H10Cl4Si. The Balaban J connectivity index is 3.16. The Morgan fingerprint density at radius 3 is 2.30 bits per heavy atom. The maximum atomic E-state index is 5.86. The molecule has 0 aromatic carbocycles. The number of rotatable bonds is 5. The lowest BCUT2D eigenvalue weighted by Gasteiger charge is -2.06. The lowest BCUT2D eigenvalue weighted by molar-refractivity contribution is 0.781. The Morgan fingerprint density at radius 2 is 1.90 bits per heavy atom. The highest BCUT2D eigenvalue weighted by atomic mass is 35.7. The van der Waals surface area contributed by atoms with Gasteiger partial charge in [-0.15, -0.1) is 23.2 Å². The molecule has 5 heteroatoms. The molecule has 0 aliphatic carbocycles. The summed E-state index contributed by atoms with van der Waals surface area (Å²) in [6, 6.07) is 0.779. The van der Waals surface area contributed by atoms with Crippen molar-refractivity contribution in [3.8, 4) is 0 Å². The minimum Gasteiger partial charge on any atom is -0.150 e. The molecule has 0 saturated carbocycles. The Hall–Kier alpha value is 1.38. The van der Waals surface area contributed by atoms with Crippen LogP contribution in [-0.4, -0.2) is 18.7 Å². The second-order valence-corrected chi connectivity index (χ2v) is 8.14. The zero-order valence-corrected chi connectivity index (χ0v) is 9.67. The van der Waals surface area contributed by atoms with Crippen LogP contribution in [0.4, 0.5) is 0 Å². The third kappa shape index (κ3) is 7.48. The van der Waals surface area contributed by atoms with Gasteiger partial charge in [0.2, 0.25) is 7.42 Å². The van der Waals surface area contributed by atoms with Crippen molar-refractivity contribution in [3.63, 3.8) is 0 Å². The predicted molar refractivity (Wildman–Crippen MR) is 53.3 cm³/mol. The predicted octanol–water partition coefficient (Wildman–Crippen LogP) is 3.31. The van der Waals surface area contributed by atoms with E-state index < -0.39 is 7.42 Å². The van der Waals surface area contributed by atoms with E-state index in [1.165, 1.54) is 0 Å². The molecule has 0 amide bonds. The SMILES string of the molecule is ClCCCC(Cl)C[SiH](Cl)Cl. The lowest BCUT2D eigenvalue weighted by Crippen LogP contribution is -2.05. The second kappa shape index (κ2) is 7.05. The van der Waals surface area contributed by atoms with Crippen LogP contribution < -0.4 is 0 Å². The van der Waals surface area contributed by atoms with Crippen molar-refractivity contribution in [2.75, 3.05) is 5.88 Å². The van der Waals surface area contributed by atoms with E-state index in [1.54, 1.807) is 0 Å². The monoisotopic (exact) mass is 238 g/mol. The van der Waals surface area contributed by atoms with Gasteiger partial charge in [0, 0.05) is 11.3 Å². The minimum atomic E-state index is -1.50. The van der Waals surface area contributed by atoms with Crippen molar-refractivity contribution in [2.24, 2.45) is 0 Å². The summed E-state index contributed by atoms with van der Waals surface area (Å²) in [5.41, 5.74) is 0. The normalized spacial score (nSPS) is 14.1. The van der Waals surface area contributed by atoms with Crippen molar-refractivity contribution in [3.05, 3.63) is 0 Å². The number of hydrogen-bond donors (Lipinski definition) is 0.